The van der Waals surface area contributed by atoms with Gasteiger partial charge in [-0.15, -0.1) is 0 Å². The van der Waals surface area contributed by atoms with E-state index in [-0.39, 0.29) is 11.3 Å². The number of ether oxygens (including phenoxy) is 2. The quantitative estimate of drug-likeness (QED) is 0.155. The van der Waals surface area contributed by atoms with Gasteiger partial charge in [0.15, 0.2) is 12.4 Å². The molecule has 5 aromatic rings. The maximum absolute atomic E-state index is 12.8. The van der Waals surface area contributed by atoms with E-state index in [4.69, 9.17) is 19.4 Å². The lowest BCUT2D eigenvalue weighted by Crippen LogP contribution is -2.14. The summed E-state index contributed by atoms with van der Waals surface area (Å²) in [4.78, 5) is 46.0. The first-order valence-corrected chi connectivity index (χ1v) is 11.9. The minimum absolute atomic E-state index is 0.260. The van der Waals surface area contributed by atoms with Crippen molar-refractivity contribution in [3.05, 3.63) is 114 Å². The number of hydrogen-bond acceptors (Lipinski definition) is 7. The van der Waals surface area contributed by atoms with Gasteiger partial charge in [0, 0.05) is 23.6 Å². The molecule has 0 aliphatic heterocycles. The molecule has 0 unspecified atom stereocenters. The van der Waals surface area contributed by atoms with Gasteiger partial charge < -0.3 is 9.47 Å². The fourth-order valence-electron chi connectivity index (χ4n) is 3.95. The minimum atomic E-state index is -0.646. The molecule has 7 nitrogen and oxygen atoms in total. The molecule has 0 aliphatic carbocycles. The zero-order valence-corrected chi connectivity index (χ0v) is 20.5. The lowest BCUT2D eigenvalue weighted by Gasteiger charge is -2.11. The largest absolute Gasteiger partial charge is 0.454 e. The molecule has 0 aliphatic rings. The number of nitrogens with zero attached hydrogens (tertiary/aromatic N) is 2. The molecule has 0 saturated heterocycles. The Bertz CT molecular complexity index is 1630. The Morgan fingerprint density at radius 1 is 0.658 bits per heavy atom. The molecule has 38 heavy (non-hydrogen) atoms. The van der Waals surface area contributed by atoms with E-state index in [9.17, 15) is 14.4 Å². The van der Waals surface area contributed by atoms with Crippen LogP contribution in [0.25, 0.3) is 33.5 Å². The average molecular weight is 503 g/mol. The molecule has 0 bridgehead atoms. The Morgan fingerprint density at radius 3 is 1.79 bits per heavy atom. The van der Waals surface area contributed by atoms with Crippen LogP contribution in [-0.4, -0.2) is 34.3 Å². The van der Waals surface area contributed by atoms with E-state index in [1.54, 1.807) is 18.2 Å². The monoisotopic (exact) mass is 502 g/mol. The molecule has 0 radical (unpaired) electrons. The number of rotatable bonds is 7. The summed E-state index contributed by atoms with van der Waals surface area (Å²) in [6.45, 7) is 0.860. The van der Waals surface area contributed by atoms with Gasteiger partial charge in [-0.25, -0.2) is 14.8 Å². The van der Waals surface area contributed by atoms with Crippen molar-refractivity contribution in [1.82, 2.24) is 9.97 Å². The topological polar surface area (TPSA) is 95.5 Å². The first-order chi connectivity index (χ1) is 18.5. The molecular weight excluding hydrogens is 480 g/mol. The molecule has 4 aromatic carbocycles. The summed E-state index contributed by atoms with van der Waals surface area (Å²) in [6, 6.07) is 30.5. The molecule has 0 atom stereocenters. The molecule has 0 N–H and O–H groups in total. The number of carbonyl (C=O) groups excluding carboxylic acids is 3. The van der Waals surface area contributed by atoms with Crippen LogP contribution in [0.1, 0.15) is 27.6 Å². The second-order valence-corrected chi connectivity index (χ2v) is 8.47. The third-order valence-electron chi connectivity index (χ3n) is 5.77. The summed E-state index contributed by atoms with van der Waals surface area (Å²) in [7, 11) is 0. The first kappa shape index (κ1) is 24.5. The summed E-state index contributed by atoms with van der Waals surface area (Å²) in [5.41, 5.74) is 5.03. The van der Waals surface area contributed by atoms with E-state index in [1.165, 1.54) is 31.2 Å². The van der Waals surface area contributed by atoms with Gasteiger partial charge in [-0.05, 0) is 42.5 Å². The highest BCUT2D eigenvalue weighted by Gasteiger charge is 2.16. The minimum Gasteiger partial charge on any atom is -0.454 e. The molecular formula is C31H22N2O5. The summed E-state index contributed by atoms with van der Waals surface area (Å²) in [5.74, 6) is -1.15. The van der Waals surface area contributed by atoms with Crippen LogP contribution in [0.15, 0.2) is 103 Å². The fourth-order valence-corrected chi connectivity index (χ4v) is 3.95. The van der Waals surface area contributed by atoms with Gasteiger partial charge >= 0.3 is 11.9 Å². The van der Waals surface area contributed by atoms with E-state index in [1.807, 2.05) is 60.7 Å². The van der Waals surface area contributed by atoms with E-state index >= 15 is 0 Å². The van der Waals surface area contributed by atoms with Gasteiger partial charge in [-0.3, -0.25) is 9.59 Å². The van der Waals surface area contributed by atoms with Gasteiger partial charge in [-0.2, -0.15) is 0 Å². The lowest BCUT2D eigenvalue weighted by atomic mass is 10.0. The highest BCUT2D eigenvalue weighted by molar-refractivity contribution is 6.00. The van der Waals surface area contributed by atoms with Crippen molar-refractivity contribution in [2.45, 2.75) is 6.92 Å². The van der Waals surface area contributed by atoms with Crippen molar-refractivity contribution in [2.75, 3.05) is 6.61 Å². The molecule has 0 spiro atoms. The molecule has 7 heteroatoms. The van der Waals surface area contributed by atoms with Crippen LogP contribution >= 0.6 is 0 Å². The fraction of sp³-hybridized carbons (Fsp3) is 0.0645. The number of ketones is 1. The van der Waals surface area contributed by atoms with E-state index in [2.05, 4.69) is 0 Å². The second-order valence-electron chi connectivity index (χ2n) is 8.47. The maximum Gasteiger partial charge on any atom is 0.338 e. The van der Waals surface area contributed by atoms with Gasteiger partial charge in [0.25, 0.3) is 0 Å². The van der Waals surface area contributed by atoms with Crippen molar-refractivity contribution in [3.8, 4) is 28.3 Å². The summed E-state index contributed by atoms with van der Waals surface area (Å²) >= 11 is 0. The predicted molar refractivity (Wildman–Crippen MR) is 143 cm³/mol. The summed E-state index contributed by atoms with van der Waals surface area (Å²) in [5, 5.41) is 0. The lowest BCUT2D eigenvalue weighted by molar-refractivity contribution is -0.131. The standard InChI is InChI=1S/C31H22N2O5/c1-20(34)38-25-15-12-21(13-16-25)28(35)19-37-31(36)24-14-17-26-27(18-24)33-30(23-10-6-3-7-11-23)29(32-26)22-8-4-2-5-9-22/h2-18H,19H2,1H3. The molecule has 0 saturated carbocycles. The zero-order chi connectivity index (χ0) is 26.5. The third-order valence-corrected chi connectivity index (χ3v) is 5.77. The number of fused-ring (bicyclic) bond motifs is 1. The Hall–Kier alpha value is -5.17. The number of aromatic nitrogens is 2. The van der Waals surface area contributed by atoms with Crippen LogP contribution in [0, 0.1) is 0 Å². The van der Waals surface area contributed by atoms with Gasteiger partial charge in [0.1, 0.15) is 5.75 Å². The number of Topliss-reactive ketones (excluding diaryl/α,β-unsaturated/α-hetero) is 1. The molecule has 5 rings (SSSR count). The Labute approximate surface area is 218 Å². The molecule has 1 heterocycles. The normalized spacial score (nSPS) is 10.7. The highest BCUT2D eigenvalue weighted by atomic mass is 16.5. The van der Waals surface area contributed by atoms with Gasteiger partial charge in [-0.1, -0.05) is 60.7 Å². The molecule has 186 valence electrons. The predicted octanol–water partition coefficient (Wildman–Crippen LogP) is 5.93. The molecule has 1 aromatic heterocycles. The van der Waals surface area contributed by atoms with Crippen molar-refractivity contribution in [2.24, 2.45) is 0 Å². The molecule has 0 amide bonds. The van der Waals surface area contributed by atoms with E-state index in [0.717, 1.165) is 16.8 Å². The van der Waals surface area contributed by atoms with Crippen molar-refractivity contribution in [3.63, 3.8) is 0 Å². The SMILES string of the molecule is CC(=O)Oc1ccc(C(=O)COC(=O)c2ccc3nc(-c4ccccc4)c(-c4ccccc4)nc3c2)cc1. The number of benzene rings is 4. The Morgan fingerprint density at radius 2 is 1.21 bits per heavy atom. The average Bonchev–Trinajstić information content (AvgIpc) is 2.95. The van der Waals surface area contributed by atoms with Crippen molar-refractivity contribution < 1.29 is 23.9 Å². The highest BCUT2D eigenvalue weighted by Crippen LogP contribution is 2.31. The van der Waals surface area contributed by atoms with Crippen LogP contribution in [0.3, 0.4) is 0 Å². The number of hydrogen-bond donors (Lipinski definition) is 0. The van der Waals surface area contributed by atoms with Gasteiger partial charge in [0.2, 0.25) is 0 Å². The van der Waals surface area contributed by atoms with E-state index < -0.39 is 18.5 Å². The maximum atomic E-state index is 12.8. The second kappa shape index (κ2) is 10.8. The zero-order valence-electron chi connectivity index (χ0n) is 20.5. The van der Waals surface area contributed by atoms with Crippen LogP contribution in [0.5, 0.6) is 5.75 Å². The third kappa shape index (κ3) is 5.47. The first-order valence-electron chi connectivity index (χ1n) is 11.9. The summed E-state index contributed by atoms with van der Waals surface area (Å²) < 4.78 is 10.2. The number of carbonyl (C=O) groups is 3. The molecule has 0 fully saturated rings. The summed E-state index contributed by atoms with van der Waals surface area (Å²) in [6.07, 6.45) is 0. The van der Waals surface area contributed by atoms with Crippen LogP contribution in [0.2, 0.25) is 0 Å². The van der Waals surface area contributed by atoms with Crippen LogP contribution < -0.4 is 4.74 Å². The Kier molecular flexibility index (Phi) is 6.99. The number of esters is 2. The van der Waals surface area contributed by atoms with Crippen LogP contribution in [-0.2, 0) is 9.53 Å². The van der Waals surface area contributed by atoms with Crippen molar-refractivity contribution >= 4 is 28.8 Å². The van der Waals surface area contributed by atoms with Crippen molar-refractivity contribution in [1.29, 1.82) is 0 Å². The van der Waals surface area contributed by atoms with Gasteiger partial charge in [0.05, 0.1) is 28.0 Å². The van der Waals surface area contributed by atoms with E-state index in [0.29, 0.717) is 28.0 Å². The smallest absolute Gasteiger partial charge is 0.338 e. The van der Waals surface area contributed by atoms with Crippen LogP contribution in [0.4, 0.5) is 0 Å². The Balaban J connectivity index is 1.38.